The van der Waals surface area contributed by atoms with E-state index in [-0.39, 0.29) is 5.91 Å². The lowest BCUT2D eigenvalue weighted by Crippen LogP contribution is -2.27. The van der Waals surface area contributed by atoms with Crippen molar-refractivity contribution < 1.29 is 9.53 Å². The average Bonchev–Trinajstić information content (AvgIpc) is 2.45. The zero-order valence-electron chi connectivity index (χ0n) is 11.6. The topological polar surface area (TPSA) is 42.4 Å². The van der Waals surface area contributed by atoms with Gasteiger partial charge in [-0.15, -0.1) is 0 Å². The molecule has 2 aromatic rings. The number of aromatic nitrogens is 1. The van der Waals surface area contributed by atoms with Gasteiger partial charge < -0.3 is 9.64 Å². The molecule has 1 aromatic heterocycles. The van der Waals surface area contributed by atoms with Gasteiger partial charge in [0.2, 0.25) is 0 Å². The number of hydrogen-bond donors (Lipinski definition) is 0. The molecule has 0 aliphatic carbocycles. The maximum atomic E-state index is 12.5. The monoisotopic (exact) mass is 290 g/mol. The number of ether oxygens (including phenoxy) is 1. The van der Waals surface area contributed by atoms with Crippen LogP contribution in [-0.2, 0) is 0 Å². The van der Waals surface area contributed by atoms with Crippen LogP contribution in [0.1, 0.15) is 16.1 Å². The molecule has 0 bridgehead atoms. The van der Waals surface area contributed by atoms with Gasteiger partial charge >= 0.3 is 0 Å². The Labute approximate surface area is 123 Å². The summed E-state index contributed by atoms with van der Waals surface area (Å²) in [5, 5.41) is 0.393. The van der Waals surface area contributed by atoms with E-state index in [0.29, 0.717) is 22.0 Å². The normalized spacial score (nSPS) is 10.2. The molecule has 5 heteroatoms. The van der Waals surface area contributed by atoms with Gasteiger partial charge in [0.25, 0.3) is 5.91 Å². The van der Waals surface area contributed by atoms with Gasteiger partial charge in [-0.3, -0.25) is 9.78 Å². The van der Waals surface area contributed by atoms with Crippen LogP contribution in [0.5, 0.6) is 5.75 Å². The third-order valence-electron chi connectivity index (χ3n) is 2.97. The van der Waals surface area contributed by atoms with E-state index >= 15 is 0 Å². The molecule has 0 saturated carbocycles. The van der Waals surface area contributed by atoms with Crippen LogP contribution in [0.25, 0.3) is 0 Å². The fraction of sp³-hybridized carbons (Fsp3) is 0.200. The zero-order valence-corrected chi connectivity index (χ0v) is 12.3. The van der Waals surface area contributed by atoms with E-state index < -0.39 is 0 Å². The van der Waals surface area contributed by atoms with Crippen LogP contribution in [0.4, 0.5) is 5.69 Å². The summed E-state index contributed by atoms with van der Waals surface area (Å²) >= 11 is 6.11. The molecule has 0 aliphatic rings. The molecule has 0 unspecified atom stereocenters. The van der Waals surface area contributed by atoms with Gasteiger partial charge in [0.1, 0.15) is 5.75 Å². The van der Waals surface area contributed by atoms with Crippen LogP contribution in [0.3, 0.4) is 0 Å². The first-order valence-electron chi connectivity index (χ1n) is 6.08. The molecule has 0 fully saturated rings. The van der Waals surface area contributed by atoms with E-state index in [1.54, 1.807) is 26.3 Å². The fourth-order valence-electron chi connectivity index (χ4n) is 1.88. The van der Waals surface area contributed by atoms with E-state index in [9.17, 15) is 4.79 Å². The molecule has 0 atom stereocenters. The molecule has 0 radical (unpaired) electrons. The zero-order chi connectivity index (χ0) is 14.7. The van der Waals surface area contributed by atoms with Crippen molar-refractivity contribution in [1.29, 1.82) is 0 Å². The number of para-hydroxylation sites is 2. The molecule has 0 saturated heterocycles. The van der Waals surface area contributed by atoms with Crippen molar-refractivity contribution in [2.45, 2.75) is 6.92 Å². The molecule has 20 heavy (non-hydrogen) atoms. The van der Waals surface area contributed by atoms with E-state index in [2.05, 4.69) is 4.98 Å². The number of aryl methyl sites for hydroxylation is 1. The number of rotatable bonds is 3. The third-order valence-corrected chi connectivity index (χ3v) is 3.28. The number of hydrogen-bond acceptors (Lipinski definition) is 3. The van der Waals surface area contributed by atoms with Gasteiger partial charge in [0, 0.05) is 18.9 Å². The summed E-state index contributed by atoms with van der Waals surface area (Å²) in [5.41, 5.74) is 1.81. The maximum absolute atomic E-state index is 12.5. The lowest BCUT2D eigenvalue weighted by atomic mass is 10.2. The van der Waals surface area contributed by atoms with Gasteiger partial charge in [-0.25, -0.2) is 0 Å². The molecule has 1 heterocycles. The van der Waals surface area contributed by atoms with Crippen LogP contribution in [0.15, 0.2) is 36.5 Å². The number of halogens is 1. The number of anilines is 1. The maximum Gasteiger partial charge on any atom is 0.261 e. The second kappa shape index (κ2) is 5.92. The highest BCUT2D eigenvalue weighted by atomic mass is 35.5. The highest BCUT2D eigenvalue weighted by Crippen LogP contribution is 2.28. The summed E-state index contributed by atoms with van der Waals surface area (Å²) in [4.78, 5) is 18.1. The number of benzene rings is 1. The molecule has 0 N–H and O–H groups in total. The molecule has 4 nitrogen and oxygen atoms in total. The Morgan fingerprint density at radius 3 is 2.70 bits per heavy atom. The lowest BCUT2D eigenvalue weighted by molar-refractivity contribution is 0.0992. The highest BCUT2D eigenvalue weighted by Gasteiger charge is 2.19. The molecular formula is C15H15ClN2O2. The summed E-state index contributed by atoms with van der Waals surface area (Å²) < 4.78 is 5.26. The van der Waals surface area contributed by atoms with Crippen molar-refractivity contribution in [1.82, 2.24) is 4.98 Å². The Hall–Kier alpha value is -2.07. The van der Waals surface area contributed by atoms with Gasteiger partial charge in [-0.1, -0.05) is 23.7 Å². The molecule has 2 rings (SSSR count). The van der Waals surface area contributed by atoms with Gasteiger partial charge in [-0.05, 0) is 25.1 Å². The molecular weight excluding hydrogens is 276 g/mol. The van der Waals surface area contributed by atoms with Crippen LogP contribution in [0, 0.1) is 6.92 Å². The Bertz CT molecular complexity index is 644. The van der Waals surface area contributed by atoms with E-state index in [1.165, 1.54) is 11.1 Å². The standard InChI is InChI=1S/C15H15ClN2O2/c1-10-8-12(16)11(9-17-10)15(19)18(2)13-6-4-5-7-14(13)20-3/h4-9H,1-3H3. The minimum Gasteiger partial charge on any atom is -0.495 e. The van der Waals surface area contributed by atoms with Crippen molar-refractivity contribution >= 4 is 23.2 Å². The smallest absolute Gasteiger partial charge is 0.261 e. The minimum atomic E-state index is -0.230. The molecule has 0 aliphatic heterocycles. The van der Waals surface area contributed by atoms with Crippen LogP contribution in [0.2, 0.25) is 5.02 Å². The van der Waals surface area contributed by atoms with Gasteiger partial charge in [-0.2, -0.15) is 0 Å². The second-order valence-electron chi connectivity index (χ2n) is 4.34. The Kier molecular flexibility index (Phi) is 4.25. The van der Waals surface area contributed by atoms with Crippen LogP contribution < -0.4 is 9.64 Å². The SMILES string of the molecule is COc1ccccc1N(C)C(=O)c1cnc(C)cc1Cl. The quantitative estimate of drug-likeness (QED) is 0.871. The first-order valence-corrected chi connectivity index (χ1v) is 6.45. The predicted molar refractivity (Wildman–Crippen MR) is 79.7 cm³/mol. The molecule has 1 amide bonds. The number of carbonyl (C=O) groups excluding carboxylic acids is 1. The van der Waals surface area contributed by atoms with Crippen molar-refractivity contribution in [3.63, 3.8) is 0 Å². The van der Waals surface area contributed by atoms with Crippen LogP contribution >= 0.6 is 11.6 Å². The summed E-state index contributed by atoms with van der Waals surface area (Å²) in [6.07, 6.45) is 1.49. The first-order chi connectivity index (χ1) is 9.54. The first kappa shape index (κ1) is 14.3. The second-order valence-corrected chi connectivity index (χ2v) is 4.75. The van der Waals surface area contributed by atoms with Crippen molar-refractivity contribution in [3.05, 3.63) is 52.8 Å². The minimum absolute atomic E-state index is 0.230. The van der Waals surface area contributed by atoms with E-state index in [0.717, 1.165) is 5.69 Å². The van der Waals surface area contributed by atoms with Crippen molar-refractivity contribution in [3.8, 4) is 5.75 Å². The lowest BCUT2D eigenvalue weighted by Gasteiger charge is -2.20. The molecule has 1 aromatic carbocycles. The number of methoxy groups -OCH3 is 1. The number of pyridine rings is 1. The molecule has 0 spiro atoms. The fourth-order valence-corrected chi connectivity index (χ4v) is 2.17. The Balaban J connectivity index is 2.37. The largest absolute Gasteiger partial charge is 0.495 e. The van der Waals surface area contributed by atoms with Crippen LogP contribution in [-0.4, -0.2) is 25.0 Å². The van der Waals surface area contributed by atoms with Gasteiger partial charge in [0.05, 0.1) is 23.4 Å². The number of nitrogens with zero attached hydrogens (tertiary/aromatic N) is 2. The van der Waals surface area contributed by atoms with Crippen molar-refractivity contribution in [2.24, 2.45) is 0 Å². The summed E-state index contributed by atoms with van der Waals surface area (Å²) in [7, 11) is 3.24. The number of carbonyl (C=O) groups is 1. The van der Waals surface area contributed by atoms with Gasteiger partial charge in [0.15, 0.2) is 0 Å². The number of amides is 1. The highest BCUT2D eigenvalue weighted by molar-refractivity contribution is 6.34. The Morgan fingerprint density at radius 2 is 2.05 bits per heavy atom. The molecule has 104 valence electrons. The Morgan fingerprint density at radius 1 is 1.35 bits per heavy atom. The van der Waals surface area contributed by atoms with E-state index in [4.69, 9.17) is 16.3 Å². The average molecular weight is 291 g/mol. The summed E-state index contributed by atoms with van der Waals surface area (Å²) in [6.45, 7) is 1.82. The third kappa shape index (κ3) is 2.75. The van der Waals surface area contributed by atoms with E-state index in [1.807, 2.05) is 25.1 Å². The van der Waals surface area contributed by atoms with Crippen molar-refractivity contribution in [2.75, 3.05) is 19.1 Å². The summed E-state index contributed by atoms with van der Waals surface area (Å²) in [5.74, 6) is 0.395. The predicted octanol–water partition coefficient (Wildman–Crippen LogP) is 3.33. The summed E-state index contributed by atoms with van der Waals surface area (Å²) in [6, 6.07) is 8.98.